The quantitative estimate of drug-likeness (QED) is 0.586. The predicted octanol–water partition coefficient (Wildman–Crippen LogP) is 3.78. The number of hydrogen-bond donors (Lipinski definition) is 1. The van der Waals surface area contributed by atoms with E-state index in [2.05, 4.69) is 4.98 Å². The molecule has 0 aromatic carbocycles. The lowest BCUT2D eigenvalue weighted by Gasteiger charge is -2.04. The third-order valence-electron chi connectivity index (χ3n) is 4.07. The van der Waals surface area contributed by atoms with Gasteiger partial charge in [0.25, 0.3) is 0 Å². The van der Waals surface area contributed by atoms with Gasteiger partial charge in [0, 0.05) is 16.1 Å². The van der Waals surface area contributed by atoms with Crippen molar-refractivity contribution in [3.8, 4) is 0 Å². The van der Waals surface area contributed by atoms with Gasteiger partial charge in [-0.2, -0.15) is 0 Å². The summed E-state index contributed by atoms with van der Waals surface area (Å²) in [5.41, 5.74) is 2.71. The largest absolute Gasteiger partial charge is 0.461 e. The van der Waals surface area contributed by atoms with Crippen LogP contribution in [-0.2, 0) is 15.9 Å². The predicted molar refractivity (Wildman–Crippen MR) is 99.3 cm³/mol. The van der Waals surface area contributed by atoms with E-state index >= 15 is 0 Å². The minimum atomic E-state index is -0.511. The second-order valence-electron chi connectivity index (χ2n) is 5.92. The Morgan fingerprint density at radius 3 is 2.35 bits per heavy atom. The molecule has 0 amide bonds. The highest BCUT2D eigenvalue weighted by Gasteiger charge is 2.24. The van der Waals surface area contributed by atoms with Crippen LogP contribution >= 0.6 is 11.3 Å². The molecule has 0 aliphatic carbocycles. The molecule has 0 saturated carbocycles. The summed E-state index contributed by atoms with van der Waals surface area (Å²) in [5.74, 6) is -1.38. The van der Waals surface area contributed by atoms with Gasteiger partial charge in [0.2, 0.25) is 5.78 Å². The summed E-state index contributed by atoms with van der Waals surface area (Å²) in [6.45, 7) is 8.92. The number of aryl methyl sites for hydroxylation is 3. The number of esters is 2. The second-order valence-corrected chi connectivity index (χ2v) is 7.05. The lowest BCUT2D eigenvalue weighted by atomic mass is 10.1. The number of aromatic amines is 1. The van der Waals surface area contributed by atoms with Crippen molar-refractivity contribution in [3.05, 3.63) is 43.9 Å². The number of hydrogen-bond acceptors (Lipinski definition) is 6. The van der Waals surface area contributed by atoms with Crippen molar-refractivity contribution < 1.29 is 23.9 Å². The Morgan fingerprint density at radius 1 is 1.08 bits per heavy atom. The van der Waals surface area contributed by atoms with Crippen LogP contribution in [0.25, 0.3) is 0 Å². The zero-order valence-electron chi connectivity index (χ0n) is 15.6. The maximum absolute atomic E-state index is 12.5. The first-order valence-electron chi connectivity index (χ1n) is 8.45. The van der Waals surface area contributed by atoms with Crippen molar-refractivity contribution in [1.29, 1.82) is 0 Å². The minimum absolute atomic E-state index is 0.247. The smallest absolute Gasteiger partial charge is 0.355 e. The fraction of sp³-hybridized carbons (Fsp3) is 0.421. The van der Waals surface area contributed by atoms with E-state index in [-0.39, 0.29) is 24.7 Å². The Bertz CT molecular complexity index is 846. The summed E-state index contributed by atoms with van der Waals surface area (Å²) in [6.07, 6.45) is 0.848. The summed E-state index contributed by atoms with van der Waals surface area (Å²) in [4.78, 5) is 41.1. The molecule has 26 heavy (non-hydrogen) atoms. The van der Waals surface area contributed by atoms with Crippen LogP contribution in [0.1, 0.15) is 66.1 Å². The molecule has 0 radical (unpaired) electrons. The van der Waals surface area contributed by atoms with Crippen LogP contribution in [0.3, 0.4) is 0 Å². The van der Waals surface area contributed by atoms with Crippen molar-refractivity contribution >= 4 is 29.1 Å². The van der Waals surface area contributed by atoms with Crippen molar-refractivity contribution in [3.63, 3.8) is 0 Å². The van der Waals surface area contributed by atoms with Crippen LogP contribution < -0.4 is 0 Å². The number of thiophene rings is 1. The Labute approximate surface area is 156 Å². The topological polar surface area (TPSA) is 85.5 Å². The summed E-state index contributed by atoms with van der Waals surface area (Å²) >= 11 is 1.38. The van der Waals surface area contributed by atoms with Gasteiger partial charge in [0.1, 0.15) is 10.6 Å². The number of carbonyl (C=O) groups is 3. The zero-order valence-corrected chi connectivity index (χ0v) is 16.5. The number of rotatable bonds is 7. The number of nitrogens with one attached hydrogen (secondary N) is 1. The maximum atomic E-state index is 12.5. The number of carbonyl (C=O) groups excluding carboxylic acids is 3. The van der Waals surface area contributed by atoms with E-state index in [1.54, 1.807) is 26.8 Å². The first-order valence-corrected chi connectivity index (χ1v) is 9.27. The standard InChI is InChI=1S/C19H23NO5S/c1-6-14-10(3)8-15(26-14)18(22)25-9-13(21)16-11(4)17(20-12(16)5)19(23)24-7-2/h8,20H,6-7,9H2,1-5H3. The van der Waals surface area contributed by atoms with E-state index in [4.69, 9.17) is 9.47 Å². The molecular weight excluding hydrogens is 354 g/mol. The van der Waals surface area contributed by atoms with Gasteiger partial charge in [-0.1, -0.05) is 6.92 Å². The van der Waals surface area contributed by atoms with Crippen molar-refractivity contribution in [2.45, 2.75) is 41.0 Å². The molecule has 2 heterocycles. The molecule has 1 N–H and O–H groups in total. The third-order valence-corrected chi connectivity index (χ3v) is 5.43. The van der Waals surface area contributed by atoms with Gasteiger partial charge in [-0.25, -0.2) is 9.59 Å². The molecule has 2 rings (SSSR count). The monoisotopic (exact) mass is 377 g/mol. The summed E-state index contributed by atoms with van der Waals surface area (Å²) in [6, 6.07) is 1.78. The molecule has 0 saturated heterocycles. The highest BCUT2D eigenvalue weighted by atomic mass is 32.1. The molecule has 6 nitrogen and oxygen atoms in total. The molecule has 0 atom stereocenters. The van der Waals surface area contributed by atoms with Crippen LogP contribution in [0.4, 0.5) is 0 Å². The van der Waals surface area contributed by atoms with E-state index in [0.29, 0.717) is 21.7 Å². The number of Topliss-reactive ketones (excluding diaryl/α,β-unsaturated/α-hetero) is 1. The van der Waals surface area contributed by atoms with E-state index in [1.165, 1.54) is 11.3 Å². The van der Waals surface area contributed by atoms with E-state index in [1.807, 2.05) is 13.8 Å². The lowest BCUT2D eigenvalue weighted by Crippen LogP contribution is -2.15. The van der Waals surface area contributed by atoms with Gasteiger partial charge in [0.15, 0.2) is 6.61 Å². The molecule has 0 unspecified atom stereocenters. The summed E-state index contributed by atoms with van der Waals surface area (Å²) < 4.78 is 10.1. The zero-order chi connectivity index (χ0) is 19.4. The van der Waals surface area contributed by atoms with Crippen LogP contribution in [0, 0.1) is 20.8 Å². The molecule has 0 aliphatic rings. The van der Waals surface area contributed by atoms with Gasteiger partial charge in [0.05, 0.1) is 6.61 Å². The fourth-order valence-corrected chi connectivity index (χ4v) is 3.83. The van der Waals surface area contributed by atoms with Crippen molar-refractivity contribution in [1.82, 2.24) is 4.98 Å². The first-order chi connectivity index (χ1) is 12.3. The highest BCUT2D eigenvalue weighted by molar-refractivity contribution is 7.14. The van der Waals surface area contributed by atoms with Crippen molar-refractivity contribution in [2.75, 3.05) is 13.2 Å². The number of aromatic nitrogens is 1. The lowest BCUT2D eigenvalue weighted by molar-refractivity contribution is 0.0477. The maximum Gasteiger partial charge on any atom is 0.355 e. The van der Waals surface area contributed by atoms with E-state index < -0.39 is 11.9 Å². The van der Waals surface area contributed by atoms with Crippen LogP contribution in [0.5, 0.6) is 0 Å². The molecule has 2 aromatic heterocycles. The van der Waals surface area contributed by atoms with Crippen LogP contribution in [-0.4, -0.2) is 35.9 Å². The normalized spacial score (nSPS) is 10.7. The van der Waals surface area contributed by atoms with Gasteiger partial charge in [-0.15, -0.1) is 11.3 Å². The van der Waals surface area contributed by atoms with E-state index in [9.17, 15) is 14.4 Å². The third kappa shape index (κ3) is 4.04. The number of ketones is 1. The van der Waals surface area contributed by atoms with Gasteiger partial charge in [-0.05, 0) is 51.3 Å². The van der Waals surface area contributed by atoms with Crippen molar-refractivity contribution in [2.24, 2.45) is 0 Å². The van der Waals surface area contributed by atoms with Crippen LogP contribution in [0.15, 0.2) is 6.07 Å². The molecule has 7 heteroatoms. The Balaban J connectivity index is 2.10. The van der Waals surface area contributed by atoms with Gasteiger partial charge in [-0.3, -0.25) is 4.79 Å². The molecule has 0 spiro atoms. The second kappa shape index (κ2) is 8.31. The fourth-order valence-electron chi connectivity index (χ4n) is 2.82. The minimum Gasteiger partial charge on any atom is -0.461 e. The highest BCUT2D eigenvalue weighted by Crippen LogP contribution is 2.24. The molecular formula is C19H23NO5S. The van der Waals surface area contributed by atoms with E-state index in [0.717, 1.165) is 16.9 Å². The Hall–Kier alpha value is -2.41. The first kappa shape index (κ1) is 19.9. The molecule has 0 fully saturated rings. The molecule has 0 bridgehead atoms. The average Bonchev–Trinajstić information content (AvgIpc) is 3.12. The average molecular weight is 377 g/mol. The Morgan fingerprint density at radius 2 is 1.77 bits per heavy atom. The SMILES string of the molecule is CCOC(=O)c1[nH]c(C)c(C(=O)COC(=O)c2cc(C)c(CC)s2)c1C. The molecule has 2 aromatic rings. The Kier molecular flexibility index (Phi) is 6.37. The molecule has 0 aliphatic heterocycles. The van der Waals surface area contributed by atoms with Crippen LogP contribution in [0.2, 0.25) is 0 Å². The van der Waals surface area contributed by atoms with Gasteiger partial charge < -0.3 is 14.5 Å². The molecule has 140 valence electrons. The number of ether oxygens (including phenoxy) is 2. The van der Waals surface area contributed by atoms with Gasteiger partial charge >= 0.3 is 11.9 Å². The summed E-state index contributed by atoms with van der Waals surface area (Å²) in [5, 5.41) is 0. The number of H-pyrrole nitrogens is 1. The summed E-state index contributed by atoms with van der Waals surface area (Å²) in [7, 11) is 0.